The molecule has 1 atom stereocenters. The van der Waals surface area contributed by atoms with Gasteiger partial charge in [-0.05, 0) is 38.3 Å². The second-order valence-electron chi connectivity index (χ2n) is 5.70. The van der Waals surface area contributed by atoms with Crippen LogP contribution in [0.1, 0.15) is 44.8 Å². The molecule has 2 rings (SSSR count). The molecule has 1 aromatic rings. The first-order valence-corrected chi connectivity index (χ1v) is 7.07. The average molecular weight is 279 g/mol. The van der Waals surface area contributed by atoms with Gasteiger partial charge in [0.05, 0.1) is 11.7 Å². The molecule has 0 aromatic carbocycles. The van der Waals surface area contributed by atoms with Crippen LogP contribution in [0.25, 0.3) is 0 Å². The number of carbonyl (C=O) groups excluding carboxylic acids is 1. The number of carboxylic acid groups (broad SMARTS) is 1. The Hall–Kier alpha value is -1.78. The zero-order valence-corrected chi connectivity index (χ0v) is 11.7. The average Bonchev–Trinajstić information content (AvgIpc) is 2.83. The highest BCUT2D eigenvalue weighted by Gasteiger charge is 2.45. The summed E-state index contributed by atoms with van der Waals surface area (Å²) in [5, 5.41) is 12.1. The van der Waals surface area contributed by atoms with Crippen LogP contribution in [0.2, 0.25) is 0 Å². The van der Waals surface area contributed by atoms with Crippen LogP contribution in [-0.4, -0.2) is 23.0 Å². The Morgan fingerprint density at radius 2 is 2.25 bits per heavy atom. The van der Waals surface area contributed by atoms with E-state index in [0.29, 0.717) is 12.8 Å². The third kappa shape index (κ3) is 3.40. The molecule has 1 unspecified atom stereocenters. The molecule has 0 aliphatic heterocycles. The van der Waals surface area contributed by atoms with Crippen molar-refractivity contribution in [1.29, 1.82) is 0 Å². The Morgan fingerprint density at radius 1 is 1.50 bits per heavy atom. The van der Waals surface area contributed by atoms with Gasteiger partial charge in [0.25, 0.3) is 0 Å². The van der Waals surface area contributed by atoms with Crippen LogP contribution >= 0.6 is 0 Å². The number of nitrogens with one attached hydrogen (secondary N) is 1. The first kappa shape index (κ1) is 14.6. The van der Waals surface area contributed by atoms with Crippen LogP contribution in [0, 0.1) is 5.41 Å². The maximum Gasteiger partial charge on any atom is 0.310 e. The lowest BCUT2D eigenvalue weighted by Gasteiger charge is -2.37. The summed E-state index contributed by atoms with van der Waals surface area (Å²) in [6.07, 6.45) is 5.37. The van der Waals surface area contributed by atoms with Crippen molar-refractivity contribution in [3.05, 3.63) is 24.2 Å². The molecule has 1 aliphatic carbocycles. The minimum atomic E-state index is -0.845. The molecule has 110 valence electrons. The number of hydrogen-bond acceptors (Lipinski definition) is 3. The number of amides is 1. The molecule has 0 bridgehead atoms. The van der Waals surface area contributed by atoms with Gasteiger partial charge in [-0.15, -0.1) is 0 Å². The molecule has 5 nitrogen and oxygen atoms in total. The van der Waals surface area contributed by atoms with E-state index in [9.17, 15) is 14.7 Å². The molecule has 1 saturated carbocycles. The van der Waals surface area contributed by atoms with Gasteiger partial charge in [0, 0.05) is 18.9 Å². The fourth-order valence-electron chi connectivity index (χ4n) is 2.59. The highest BCUT2D eigenvalue weighted by Crippen LogP contribution is 2.44. The maximum atomic E-state index is 11.9. The van der Waals surface area contributed by atoms with Crippen molar-refractivity contribution in [3.8, 4) is 0 Å². The standard InChI is InChI=1S/C15H21NO4/c1-11(5-6-12-4-2-9-20-12)16-13(17)10-15(14(18)19)7-3-8-15/h2,4,9,11H,3,5-8,10H2,1H3,(H,16,17)(H,18,19). The number of aryl methyl sites for hydroxylation is 1. The Labute approximate surface area is 118 Å². The van der Waals surface area contributed by atoms with Crippen molar-refractivity contribution in [1.82, 2.24) is 5.32 Å². The SMILES string of the molecule is CC(CCc1ccco1)NC(=O)CC1(C(=O)O)CCC1. The van der Waals surface area contributed by atoms with E-state index in [4.69, 9.17) is 4.42 Å². The maximum absolute atomic E-state index is 11.9. The molecule has 0 saturated heterocycles. The summed E-state index contributed by atoms with van der Waals surface area (Å²) < 4.78 is 5.24. The summed E-state index contributed by atoms with van der Waals surface area (Å²) in [5.41, 5.74) is -0.815. The van der Waals surface area contributed by atoms with E-state index in [1.807, 2.05) is 19.1 Å². The predicted molar refractivity (Wildman–Crippen MR) is 73.2 cm³/mol. The summed E-state index contributed by atoms with van der Waals surface area (Å²) in [5.74, 6) is -0.117. The lowest BCUT2D eigenvalue weighted by molar-refractivity contribution is -0.157. The molecular formula is C15H21NO4. The number of carboxylic acids is 1. The van der Waals surface area contributed by atoms with Crippen molar-refractivity contribution < 1.29 is 19.1 Å². The van der Waals surface area contributed by atoms with Gasteiger partial charge in [-0.2, -0.15) is 0 Å². The van der Waals surface area contributed by atoms with Gasteiger partial charge >= 0.3 is 5.97 Å². The van der Waals surface area contributed by atoms with Crippen LogP contribution in [0.4, 0.5) is 0 Å². The Balaban J connectivity index is 1.75. The van der Waals surface area contributed by atoms with Crippen LogP contribution in [0.5, 0.6) is 0 Å². The van der Waals surface area contributed by atoms with E-state index in [0.717, 1.165) is 25.0 Å². The van der Waals surface area contributed by atoms with Crippen LogP contribution in [0.3, 0.4) is 0 Å². The normalized spacial score (nSPS) is 18.1. The number of furan rings is 1. The van der Waals surface area contributed by atoms with Crippen molar-refractivity contribution in [2.24, 2.45) is 5.41 Å². The molecule has 1 aliphatic rings. The largest absolute Gasteiger partial charge is 0.481 e. The van der Waals surface area contributed by atoms with Gasteiger partial charge in [-0.25, -0.2) is 0 Å². The number of carbonyl (C=O) groups is 2. The van der Waals surface area contributed by atoms with Crippen molar-refractivity contribution in [2.75, 3.05) is 0 Å². The van der Waals surface area contributed by atoms with Crippen LogP contribution in [-0.2, 0) is 16.0 Å². The number of rotatable bonds is 7. The topological polar surface area (TPSA) is 79.5 Å². The van der Waals surface area contributed by atoms with Gasteiger partial charge in [0.1, 0.15) is 5.76 Å². The Kier molecular flexibility index (Phi) is 4.47. The molecule has 0 radical (unpaired) electrons. The zero-order chi connectivity index (χ0) is 14.6. The summed E-state index contributed by atoms with van der Waals surface area (Å²) in [6, 6.07) is 3.76. The van der Waals surface area contributed by atoms with E-state index >= 15 is 0 Å². The quantitative estimate of drug-likeness (QED) is 0.803. The number of hydrogen-bond donors (Lipinski definition) is 2. The third-order valence-electron chi connectivity index (χ3n) is 4.07. The lowest BCUT2D eigenvalue weighted by atomic mass is 9.66. The molecule has 1 heterocycles. The summed E-state index contributed by atoms with van der Waals surface area (Å²) in [4.78, 5) is 23.1. The van der Waals surface area contributed by atoms with Gasteiger partial charge in [0.15, 0.2) is 0 Å². The molecule has 1 fully saturated rings. The van der Waals surface area contributed by atoms with E-state index in [1.54, 1.807) is 6.26 Å². The molecule has 0 spiro atoms. The monoisotopic (exact) mass is 279 g/mol. The third-order valence-corrected chi connectivity index (χ3v) is 4.07. The van der Waals surface area contributed by atoms with E-state index in [2.05, 4.69) is 5.32 Å². The summed E-state index contributed by atoms with van der Waals surface area (Å²) in [6.45, 7) is 1.93. The molecule has 20 heavy (non-hydrogen) atoms. The van der Waals surface area contributed by atoms with Gasteiger partial charge in [0.2, 0.25) is 5.91 Å². The van der Waals surface area contributed by atoms with Crippen LogP contribution < -0.4 is 5.32 Å². The lowest BCUT2D eigenvalue weighted by Crippen LogP contribution is -2.44. The number of aliphatic carboxylic acids is 1. The second-order valence-corrected chi connectivity index (χ2v) is 5.70. The zero-order valence-electron chi connectivity index (χ0n) is 11.7. The minimum absolute atomic E-state index is 0.0125. The minimum Gasteiger partial charge on any atom is -0.481 e. The van der Waals surface area contributed by atoms with E-state index < -0.39 is 11.4 Å². The first-order chi connectivity index (χ1) is 9.52. The highest BCUT2D eigenvalue weighted by atomic mass is 16.4. The van der Waals surface area contributed by atoms with Gasteiger partial charge in [-0.1, -0.05) is 6.42 Å². The smallest absolute Gasteiger partial charge is 0.310 e. The van der Waals surface area contributed by atoms with Gasteiger partial charge < -0.3 is 14.8 Å². The molecule has 5 heteroatoms. The van der Waals surface area contributed by atoms with E-state index in [-0.39, 0.29) is 18.4 Å². The Bertz CT molecular complexity index is 462. The van der Waals surface area contributed by atoms with Crippen molar-refractivity contribution in [2.45, 2.75) is 51.5 Å². The first-order valence-electron chi connectivity index (χ1n) is 7.07. The summed E-state index contributed by atoms with van der Waals surface area (Å²) in [7, 11) is 0. The summed E-state index contributed by atoms with van der Waals surface area (Å²) >= 11 is 0. The molecule has 1 amide bonds. The molecule has 1 aromatic heterocycles. The highest BCUT2D eigenvalue weighted by molar-refractivity contribution is 5.85. The van der Waals surface area contributed by atoms with E-state index in [1.165, 1.54) is 0 Å². The van der Waals surface area contributed by atoms with Crippen molar-refractivity contribution >= 4 is 11.9 Å². The van der Waals surface area contributed by atoms with Crippen molar-refractivity contribution in [3.63, 3.8) is 0 Å². The second kappa shape index (κ2) is 6.11. The van der Waals surface area contributed by atoms with Crippen LogP contribution in [0.15, 0.2) is 22.8 Å². The fourth-order valence-corrected chi connectivity index (χ4v) is 2.59. The molecule has 2 N–H and O–H groups in total. The predicted octanol–water partition coefficient (Wildman–Crippen LogP) is 2.36. The Morgan fingerprint density at radius 3 is 2.75 bits per heavy atom. The van der Waals surface area contributed by atoms with Gasteiger partial charge in [-0.3, -0.25) is 9.59 Å². The molecular weight excluding hydrogens is 258 g/mol. The fraction of sp³-hybridized carbons (Fsp3) is 0.600.